The fourth-order valence-corrected chi connectivity index (χ4v) is 1.92. The summed E-state index contributed by atoms with van der Waals surface area (Å²) in [4.78, 5) is 0. The van der Waals surface area contributed by atoms with Crippen LogP contribution in [0, 0.1) is 6.92 Å². The molecule has 0 fully saturated rings. The molecule has 0 bridgehead atoms. The summed E-state index contributed by atoms with van der Waals surface area (Å²) in [6.45, 7) is 4.54. The van der Waals surface area contributed by atoms with Gasteiger partial charge in [0.2, 0.25) is 0 Å². The Morgan fingerprint density at radius 2 is 2.11 bits per heavy atom. The molecule has 0 aliphatic carbocycles. The quantitative estimate of drug-likeness (QED) is 0.851. The zero-order chi connectivity index (χ0) is 13.0. The highest BCUT2D eigenvalue weighted by molar-refractivity contribution is 5.24. The molecular weight excluding hydrogens is 226 g/mol. The van der Waals surface area contributed by atoms with E-state index in [0.717, 1.165) is 16.9 Å². The minimum absolute atomic E-state index is 0.0967. The summed E-state index contributed by atoms with van der Waals surface area (Å²) in [6.07, 6.45) is 1.16. The van der Waals surface area contributed by atoms with E-state index in [9.17, 15) is 5.11 Å². The van der Waals surface area contributed by atoms with E-state index < -0.39 is 6.10 Å². The van der Waals surface area contributed by atoms with E-state index >= 15 is 0 Å². The Morgan fingerprint density at radius 3 is 2.78 bits per heavy atom. The summed E-state index contributed by atoms with van der Waals surface area (Å²) in [5.74, 6) is 0.881. The van der Waals surface area contributed by atoms with Crippen molar-refractivity contribution in [3.05, 3.63) is 59.5 Å². The van der Waals surface area contributed by atoms with Crippen molar-refractivity contribution in [1.29, 1.82) is 0 Å². The SMILES string of the molecule is Cc1cccc([C@@H](O)CN[C@H](C)c2ccco2)c1. The van der Waals surface area contributed by atoms with Crippen LogP contribution >= 0.6 is 0 Å². The van der Waals surface area contributed by atoms with Crippen LogP contribution in [0.15, 0.2) is 47.1 Å². The molecule has 3 heteroatoms. The van der Waals surface area contributed by atoms with Gasteiger partial charge in [0.25, 0.3) is 0 Å². The number of aliphatic hydroxyl groups excluding tert-OH is 1. The molecular formula is C15H19NO2. The number of hydrogen-bond donors (Lipinski definition) is 2. The van der Waals surface area contributed by atoms with E-state index in [1.165, 1.54) is 0 Å². The van der Waals surface area contributed by atoms with Crippen LogP contribution in [-0.4, -0.2) is 11.7 Å². The fourth-order valence-electron chi connectivity index (χ4n) is 1.92. The van der Waals surface area contributed by atoms with Gasteiger partial charge in [-0.2, -0.15) is 0 Å². The van der Waals surface area contributed by atoms with Crippen molar-refractivity contribution in [3.8, 4) is 0 Å². The van der Waals surface area contributed by atoms with Crippen molar-refractivity contribution < 1.29 is 9.52 Å². The lowest BCUT2D eigenvalue weighted by molar-refractivity contribution is 0.169. The van der Waals surface area contributed by atoms with Crippen LogP contribution in [0.4, 0.5) is 0 Å². The summed E-state index contributed by atoms with van der Waals surface area (Å²) in [5, 5.41) is 13.4. The second-order valence-electron chi connectivity index (χ2n) is 4.58. The standard InChI is InChI=1S/C15H19NO2/c1-11-5-3-6-13(9-11)14(17)10-16-12(2)15-7-4-8-18-15/h3-9,12,14,16-17H,10H2,1-2H3/t12-,14+/m1/s1. The third kappa shape index (κ3) is 3.22. The smallest absolute Gasteiger partial charge is 0.120 e. The number of furan rings is 1. The zero-order valence-electron chi connectivity index (χ0n) is 10.8. The van der Waals surface area contributed by atoms with E-state index in [1.54, 1.807) is 6.26 Å². The van der Waals surface area contributed by atoms with Gasteiger partial charge in [-0.15, -0.1) is 0 Å². The van der Waals surface area contributed by atoms with Crippen LogP contribution in [0.3, 0.4) is 0 Å². The molecule has 2 atom stereocenters. The number of hydrogen-bond acceptors (Lipinski definition) is 3. The van der Waals surface area contributed by atoms with Crippen LogP contribution < -0.4 is 5.32 Å². The molecule has 0 unspecified atom stereocenters. The molecule has 3 nitrogen and oxygen atoms in total. The Morgan fingerprint density at radius 1 is 1.28 bits per heavy atom. The monoisotopic (exact) mass is 245 g/mol. The summed E-state index contributed by atoms with van der Waals surface area (Å²) >= 11 is 0. The lowest BCUT2D eigenvalue weighted by atomic mass is 10.1. The van der Waals surface area contributed by atoms with Gasteiger partial charge >= 0.3 is 0 Å². The number of nitrogens with one attached hydrogen (secondary N) is 1. The summed E-state index contributed by atoms with van der Waals surface area (Å²) in [6, 6.07) is 11.8. The molecule has 2 N–H and O–H groups in total. The van der Waals surface area contributed by atoms with Crippen molar-refractivity contribution in [2.24, 2.45) is 0 Å². The lowest BCUT2D eigenvalue weighted by Gasteiger charge is -2.16. The van der Waals surface area contributed by atoms with Crippen LogP contribution in [0.5, 0.6) is 0 Å². The molecule has 2 aromatic rings. The summed E-state index contributed by atoms with van der Waals surface area (Å²) in [7, 11) is 0. The number of benzene rings is 1. The molecule has 0 saturated heterocycles. The molecule has 18 heavy (non-hydrogen) atoms. The first kappa shape index (κ1) is 12.9. The Labute approximate surface area is 107 Å². The topological polar surface area (TPSA) is 45.4 Å². The second-order valence-corrected chi connectivity index (χ2v) is 4.58. The van der Waals surface area contributed by atoms with Crippen molar-refractivity contribution in [2.45, 2.75) is 26.0 Å². The maximum Gasteiger partial charge on any atom is 0.120 e. The van der Waals surface area contributed by atoms with Crippen LogP contribution in [0.25, 0.3) is 0 Å². The second kappa shape index (κ2) is 5.85. The van der Waals surface area contributed by atoms with Gasteiger partial charge in [0.1, 0.15) is 5.76 Å². The summed E-state index contributed by atoms with van der Waals surface area (Å²) in [5.41, 5.74) is 2.10. The number of aliphatic hydroxyl groups is 1. The molecule has 0 radical (unpaired) electrons. The molecule has 0 aliphatic heterocycles. The maximum atomic E-state index is 10.1. The largest absolute Gasteiger partial charge is 0.468 e. The first-order valence-corrected chi connectivity index (χ1v) is 6.18. The lowest BCUT2D eigenvalue weighted by Crippen LogP contribution is -2.24. The van der Waals surface area contributed by atoms with Gasteiger partial charge in [-0.05, 0) is 31.5 Å². The molecule has 2 rings (SSSR count). The zero-order valence-corrected chi connectivity index (χ0v) is 10.8. The number of rotatable bonds is 5. The first-order chi connectivity index (χ1) is 8.66. The van der Waals surface area contributed by atoms with Gasteiger partial charge in [0.15, 0.2) is 0 Å². The van der Waals surface area contributed by atoms with Gasteiger partial charge in [0, 0.05) is 6.54 Å². The highest BCUT2D eigenvalue weighted by Gasteiger charge is 2.12. The van der Waals surface area contributed by atoms with E-state index in [2.05, 4.69) is 5.32 Å². The molecule has 96 valence electrons. The average molecular weight is 245 g/mol. The summed E-state index contributed by atoms with van der Waals surface area (Å²) < 4.78 is 5.31. The predicted octanol–water partition coefficient (Wildman–Crippen LogP) is 2.97. The van der Waals surface area contributed by atoms with E-state index in [1.807, 2.05) is 50.2 Å². The fraction of sp³-hybridized carbons (Fsp3) is 0.333. The maximum absolute atomic E-state index is 10.1. The van der Waals surface area contributed by atoms with Gasteiger partial charge < -0.3 is 14.8 Å². The third-order valence-corrected chi connectivity index (χ3v) is 3.01. The van der Waals surface area contributed by atoms with Crippen molar-refractivity contribution in [2.75, 3.05) is 6.54 Å². The van der Waals surface area contributed by atoms with Crippen LogP contribution in [0.2, 0.25) is 0 Å². The van der Waals surface area contributed by atoms with E-state index in [-0.39, 0.29) is 6.04 Å². The highest BCUT2D eigenvalue weighted by Crippen LogP contribution is 2.16. The van der Waals surface area contributed by atoms with Crippen molar-refractivity contribution in [3.63, 3.8) is 0 Å². The average Bonchev–Trinajstić information content (AvgIpc) is 2.89. The van der Waals surface area contributed by atoms with Crippen LogP contribution in [0.1, 0.15) is 36.0 Å². The van der Waals surface area contributed by atoms with Gasteiger partial charge in [0.05, 0.1) is 18.4 Å². The Balaban J connectivity index is 1.90. The minimum atomic E-state index is -0.498. The van der Waals surface area contributed by atoms with E-state index in [4.69, 9.17) is 4.42 Å². The van der Waals surface area contributed by atoms with Gasteiger partial charge in [-0.25, -0.2) is 0 Å². The van der Waals surface area contributed by atoms with Crippen molar-refractivity contribution in [1.82, 2.24) is 5.32 Å². The molecule has 0 spiro atoms. The van der Waals surface area contributed by atoms with Crippen LogP contribution in [-0.2, 0) is 0 Å². The normalized spacial score (nSPS) is 14.4. The Hall–Kier alpha value is -1.58. The Kier molecular flexibility index (Phi) is 4.18. The molecule has 1 heterocycles. The molecule has 1 aromatic heterocycles. The predicted molar refractivity (Wildman–Crippen MR) is 71.3 cm³/mol. The minimum Gasteiger partial charge on any atom is -0.468 e. The van der Waals surface area contributed by atoms with Gasteiger partial charge in [-0.1, -0.05) is 29.8 Å². The molecule has 0 aliphatic rings. The van der Waals surface area contributed by atoms with Gasteiger partial charge in [-0.3, -0.25) is 0 Å². The molecule has 1 aromatic carbocycles. The third-order valence-electron chi connectivity index (χ3n) is 3.01. The Bertz CT molecular complexity index is 479. The van der Waals surface area contributed by atoms with Crippen molar-refractivity contribution >= 4 is 0 Å². The highest BCUT2D eigenvalue weighted by atomic mass is 16.3. The number of aryl methyl sites for hydroxylation is 1. The van der Waals surface area contributed by atoms with E-state index in [0.29, 0.717) is 6.54 Å². The molecule has 0 saturated carbocycles. The first-order valence-electron chi connectivity index (χ1n) is 6.18. The molecule has 0 amide bonds.